The molecule has 1 fully saturated rings. The highest BCUT2D eigenvalue weighted by Crippen LogP contribution is 2.38. The summed E-state index contributed by atoms with van der Waals surface area (Å²) in [7, 11) is 1.35. The van der Waals surface area contributed by atoms with E-state index in [1.54, 1.807) is 24.3 Å². The number of carbonyl (C=O) groups excluding carboxylic acids is 1. The van der Waals surface area contributed by atoms with Gasteiger partial charge >= 0.3 is 5.97 Å². The van der Waals surface area contributed by atoms with Gasteiger partial charge in [-0.3, -0.25) is 10.1 Å². The van der Waals surface area contributed by atoms with Crippen molar-refractivity contribution in [2.45, 2.75) is 18.5 Å². The number of nitrogens with zero attached hydrogens (tertiary/aromatic N) is 2. The van der Waals surface area contributed by atoms with Crippen LogP contribution in [0.1, 0.15) is 11.1 Å². The summed E-state index contributed by atoms with van der Waals surface area (Å²) in [5, 5.41) is 11.5. The summed E-state index contributed by atoms with van der Waals surface area (Å²) in [4.78, 5) is 25.2. The van der Waals surface area contributed by atoms with Gasteiger partial charge in [-0.25, -0.2) is 4.79 Å². The third-order valence-electron chi connectivity index (χ3n) is 4.63. The zero-order valence-electron chi connectivity index (χ0n) is 15.0. The second-order valence-corrected chi connectivity index (χ2v) is 8.44. The summed E-state index contributed by atoms with van der Waals surface area (Å²) in [5.74, 6) is 0.0653. The molecule has 1 unspecified atom stereocenters. The number of nitro groups is 1. The average Bonchev–Trinajstić information content (AvgIpc) is 3.00. The zero-order valence-corrected chi connectivity index (χ0v) is 17.4. The minimum atomic E-state index is -0.980. The third-order valence-corrected chi connectivity index (χ3v) is 6.55. The highest BCUT2D eigenvalue weighted by Gasteiger charge is 2.51. The van der Waals surface area contributed by atoms with E-state index in [4.69, 9.17) is 28.6 Å². The lowest BCUT2D eigenvalue weighted by atomic mass is 9.90. The fourth-order valence-electron chi connectivity index (χ4n) is 3.15. The van der Waals surface area contributed by atoms with Gasteiger partial charge in [0.15, 0.2) is 5.54 Å². The van der Waals surface area contributed by atoms with E-state index in [0.717, 1.165) is 11.1 Å². The van der Waals surface area contributed by atoms with Gasteiger partial charge in [0.2, 0.25) is 0 Å². The molecule has 28 heavy (non-hydrogen) atoms. The Morgan fingerprint density at radius 3 is 2.43 bits per heavy atom. The molecule has 6 nitrogen and oxygen atoms in total. The van der Waals surface area contributed by atoms with E-state index in [1.807, 2.05) is 17.0 Å². The molecule has 1 aliphatic rings. The lowest BCUT2D eigenvalue weighted by Crippen LogP contribution is -2.55. The van der Waals surface area contributed by atoms with Crippen LogP contribution in [0.25, 0.3) is 0 Å². The van der Waals surface area contributed by atoms with Crippen molar-refractivity contribution in [3.8, 4) is 0 Å². The van der Waals surface area contributed by atoms with Gasteiger partial charge < -0.3 is 9.64 Å². The number of methoxy groups -OCH3 is 1. The number of carbonyl (C=O) groups is 1. The van der Waals surface area contributed by atoms with Crippen LogP contribution in [-0.2, 0) is 22.5 Å². The maximum absolute atomic E-state index is 12.8. The first-order chi connectivity index (χ1) is 13.4. The number of ether oxygens (including phenoxy) is 1. The van der Waals surface area contributed by atoms with Gasteiger partial charge in [-0.2, -0.15) is 0 Å². The van der Waals surface area contributed by atoms with Crippen LogP contribution >= 0.6 is 35.6 Å². The summed E-state index contributed by atoms with van der Waals surface area (Å²) in [6.45, 7) is 0.436. The number of thioether (sulfide) groups is 1. The lowest BCUT2D eigenvalue weighted by Gasteiger charge is -2.36. The van der Waals surface area contributed by atoms with Crippen LogP contribution in [0.5, 0.6) is 0 Å². The second kappa shape index (κ2) is 8.46. The molecule has 0 aliphatic carbocycles. The smallest absolute Gasteiger partial charge is 0.332 e. The van der Waals surface area contributed by atoms with E-state index in [1.165, 1.54) is 31.0 Å². The van der Waals surface area contributed by atoms with Crippen molar-refractivity contribution >= 4 is 51.6 Å². The number of rotatable bonds is 6. The van der Waals surface area contributed by atoms with E-state index >= 15 is 0 Å². The van der Waals surface area contributed by atoms with Crippen LogP contribution in [0, 0.1) is 10.1 Å². The van der Waals surface area contributed by atoms with E-state index in [0.29, 0.717) is 28.1 Å². The van der Waals surface area contributed by atoms with Crippen molar-refractivity contribution in [3.05, 3.63) is 74.8 Å². The van der Waals surface area contributed by atoms with Crippen molar-refractivity contribution in [2.24, 2.45) is 0 Å². The molecular formula is C19H17ClN2O4S2. The van der Waals surface area contributed by atoms with E-state index in [2.05, 4.69) is 0 Å². The summed E-state index contributed by atoms with van der Waals surface area (Å²) < 4.78 is 5.74. The molecule has 3 rings (SSSR count). The number of thiocarbonyl (C=S) groups is 1. The molecule has 0 spiro atoms. The Kier molecular flexibility index (Phi) is 6.22. The molecular weight excluding hydrogens is 420 g/mol. The number of hydrogen-bond acceptors (Lipinski definition) is 6. The minimum Gasteiger partial charge on any atom is -0.467 e. The lowest BCUT2D eigenvalue weighted by molar-refractivity contribution is -0.384. The van der Waals surface area contributed by atoms with Crippen molar-refractivity contribution in [1.29, 1.82) is 0 Å². The topological polar surface area (TPSA) is 72.7 Å². The third kappa shape index (κ3) is 4.14. The molecule has 1 aliphatic heterocycles. The minimum absolute atomic E-state index is 0.00482. The van der Waals surface area contributed by atoms with Gasteiger partial charge in [-0.15, -0.1) is 0 Å². The maximum atomic E-state index is 12.8. The highest BCUT2D eigenvalue weighted by molar-refractivity contribution is 8.23. The van der Waals surface area contributed by atoms with Crippen LogP contribution < -0.4 is 0 Å². The Labute approximate surface area is 177 Å². The highest BCUT2D eigenvalue weighted by atomic mass is 35.5. The predicted molar refractivity (Wildman–Crippen MR) is 114 cm³/mol. The van der Waals surface area contributed by atoms with Gasteiger partial charge in [-0.05, 0) is 23.3 Å². The summed E-state index contributed by atoms with van der Waals surface area (Å²) in [5.41, 5.74) is 0.783. The van der Waals surface area contributed by atoms with Crippen molar-refractivity contribution in [1.82, 2.24) is 4.90 Å². The van der Waals surface area contributed by atoms with Gasteiger partial charge in [0.1, 0.15) is 4.32 Å². The van der Waals surface area contributed by atoms with Gasteiger partial charge in [-0.1, -0.05) is 59.8 Å². The molecule has 1 heterocycles. The Bertz CT molecular complexity index is 905. The molecule has 9 heteroatoms. The number of hydrogen-bond donors (Lipinski definition) is 0. The number of non-ortho nitro benzene ring substituents is 1. The quantitative estimate of drug-likeness (QED) is 0.290. The van der Waals surface area contributed by atoms with Crippen LogP contribution in [0.2, 0.25) is 5.02 Å². The molecule has 2 aromatic carbocycles. The number of esters is 1. The summed E-state index contributed by atoms with van der Waals surface area (Å²) in [6.07, 6.45) is 0.332. The number of benzene rings is 2. The monoisotopic (exact) mass is 436 g/mol. The predicted octanol–water partition coefficient (Wildman–Crippen LogP) is 4.24. The molecule has 0 saturated carbocycles. The van der Waals surface area contributed by atoms with Crippen molar-refractivity contribution in [3.63, 3.8) is 0 Å². The van der Waals surface area contributed by atoms with E-state index in [9.17, 15) is 14.9 Å². The first-order valence-corrected chi connectivity index (χ1v) is 10.1. The molecule has 1 saturated heterocycles. The molecule has 0 aromatic heterocycles. The fourth-order valence-corrected chi connectivity index (χ4v) is 4.83. The number of nitro benzene ring substituents is 1. The Morgan fingerprint density at radius 1 is 1.25 bits per heavy atom. The van der Waals surface area contributed by atoms with E-state index in [-0.39, 0.29) is 11.7 Å². The number of halogens is 1. The molecule has 146 valence electrons. The molecule has 1 atom stereocenters. The van der Waals surface area contributed by atoms with Crippen LogP contribution in [0.4, 0.5) is 5.69 Å². The molecule has 2 aromatic rings. The fraction of sp³-hybridized carbons (Fsp3) is 0.263. The summed E-state index contributed by atoms with van der Waals surface area (Å²) in [6, 6.07) is 13.6. The maximum Gasteiger partial charge on any atom is 0.332 e. The van der Waals surface area contributed by atoms with Crippen molar-refractivity contribution in [2.75, 3.05) is 12.9 Å². The zero-order chi connectivity index (χ0) is 20.3. The SMILES string of the molecule is COC(=O)C1(Cc2ccc([N+](=O)[O-])cc2)CSC(=S)N1Cc1ccc(Cl)cc1. The van der Waals surface area contributed by atoms with Crippen molar-refractivity contribution < 1.29 is 14.5 Å². The summed E-state index contributed by atoms with van der Waals surface area (Å²) >= 11 is 12.9. The van der Waals surface area contributed by atoms with E-state index < -0.39 is 10.5 Å². The first kappa shape index (κ1) is 20.6. The van der Waals surface area contributed by atoms with Gasteiger partial charge in [0.25, 0.3) is 5.69 Å². The normalized spacial score (nSPS) is 18.9. The average molecular weight is 437 g/mol. The second-order valence-electron chi connectivity index (χ2n) is 6.39. The molecule has 0 bridgehead atoms. The largest absolute Gasteiger partial charge is 0.467 e. The van der Waals surface area contributed by atoms with Gasteiger partial charge in [0, 0.05) is 35.9 Å². The standard InChI is InChI=1S/C19H17ClN2O4S2/c1-26-17(23)19(10-13-4-8-16(9-5-13)22(24)25)12-28-18(27)21(19)11-14-2-6-15(20)7-3-14/h2-9H,10-12H2,1H3. The van der Waals surface area contributed by atoms with Crippen LogP contribution in [0.15, 0.2) is 48.5 Å². The Morgan fingerprint density at radius 2 is 1.86 bits per heavy atom. The Hall–Kier alpha value is -2.16. The molecule has 0 radical (unpaired) electrons. The molecule has 0 N–H and O–H groups in total. The Balaban J connectivity index is 1.93. The first-order valence-electron chi connectivity index (χ1n) is 8.36. The molecule has 0 amide bonds. The van der Waals surface area contributed by atoms with Crippen LogP contribution in [-0.4, -0.2) is 38.5 Å². The van der Waals surface area contributed by atoms with Gasteiger partial charge in [0.05, 0.1) is 12.0 Å². The van der Waals surface area contributed by atoms with Crippen LogP contribution in [0.3, 0.4) is 0 Å².